The molecule has 0 aliphatic rings. The van der Waals surface area contributed by atoms with Crippen molar-refractivity contribution in [3.63, 3.8) is 0 Å². The highest BCUT2D eigenvalue weighted by molar-refractivity contribution is 8.14. The molecule has 0 aliphatic carbocycles. The number of hydrogen-bond donors (Lipinski definition) is 1. The van der Waals surface area contributed by atoms with E-state index in [-0.39, 0.29) is 16.9 Å². The van der Waals surface area contributed by atoms with Crippen LogP contribution in [0.3, 0.4) is 0 Å². The van der Waals surface area contributed by atoms with Gasteiger partial charge in [-0.1, -0.05) is 36.0 Å². The van der Waals surface area contributed by atoms with Crippen LogP contribution < -0.4 is 5.73 Å². The summed E-state index contributed by atoms with van der Waals surface area (Å²) in [6, 6.07) is 12.3. The second-order valence-corrected chi connectivity index (χ2v) is 5.94. The fraction of sp³-hybridized carbons (Fsp3) is 0.235. The summed E-state index contributed by atoms with van der Waals surface area (Å²) in [7, 11) is 1.60. The normalized spacial score (nSPS) is 11.9. The molecule has 122 valence electrons. The Morgan fingerprint density at radius 1 is 1.04 bits per heavy atom. The van der Waals surface area contributed by atoms with E-state index in [0.29, 0.717) is 18.3 Å². The predicted molar refractivity (Wildman–Crippen MR) is 90.6 cm³/mol. The van der Waals surface area contributed by atoms with Gasteiger partial charge in [-0.25, -0.2) is 8.78 Å². The first-order valence-electron chi connectivity index (χ1n) is 7.06. The molecule has 0 aliphatic heterocycles. The molecule has 0 saturated carbocycles. The van der Waals surface area contributed by atoms with Crippen molar-refractivity contribution in [2.24, 2.45) is 10.7 Å². The van der Waals surface area contributed by atoms with Crippen LogP contribution in [0.15, 0.2) is 53.5 Å². The summed E-state index contributed by atoms with van der Waals surface area (Å²) in [6.07, 6.45) is 0. The van der Waals surface area contributed by atoms with Crippen molar-refractivity contribution >= 4 is 16.9 Å². The number of ether oxygens (including phenoxy) is 1. The minimum atomic E-state index is -0.307. The summed E-state index contributed by atoms with van der Waals surface area (Å²) in [6.45, 7) is 0.952. The zero-order chi connectivity index (χ0) is 16.7. The minimum absolute atomic E-state index is 0.192. The highest BCUT2D eigenvalue weighted by Crippen LogP contribution is 2.35. The lowest BCUT2D eigenvalue weighted by Crippen LogP contribution is -2.12. The van der Waals surface area contributed by atoms with Gasteiger partial charge in [-0.3, -0.25) is 4.99 Å². The van der Waals surface area contributed by atoms with Crippen molar-refractivity contribution in [1.29, 1.82) is 0 Å². The van der Waals surface area contributed by atoms with Crippen LogP contribution in [0.4, 0.5) is 8.78 Å². The Labute approximate surface area is 138 Å². The lowest BCUT2D eigenvalue weighted by molar-refractivity contribution is 0.208. The lowest BCUT2D eigenvalue weighted by Gasteiger charge is -2.17. The minimum Gasteiger partial charge on any atom is -0.383 e. The third-order valence-electron chi connectivity index (χ3n) is 3.15. The van der Waals surface area contributed by atoms with E-state index < -0.39 is 0 Å². The molecular formula is C17H18F2N2OS. The van der Waals surface area contributed by atoms with Gasteiger partial charge in [-0.05, 0) is 35.4 Å². The molecule has 3 nitrogen and oxygen atoms in total. The van der Waals surface area contributed by atoms with Crippen LogP contribution in [0.1, 0.15) is 16.4 Å². The third kappa shape index (κ3) is 5.33. The standard InChI is InChI=1S/C17H18F2N2OS/c1-22-11-10-21-17(20)23-16(12-2-6-14(18)7-3-12)13-4-8-15(19)9-5-13/h2-9,16H,10-11H2,1H3,(H2,20,21). The van der Waals surface area contributed by atoms with E-state index in [2.05, 4.69) is 4.99 Å². The van der Waals surface area contributed by atoms with Crippen molar-refractivity contribution in [1.82, 2.24) is 0 Å². The van der Waals surface area contributed by atoms with Crippen molar-refractivity contribution in [2.75, 3.05) is 20.3 Å². The van der Waals surface area contributed by atoms with Crippen molar-refractivity contribution < 1.29 is 13.5 Å². The van der Waals surface area contributed by atoms with E-state index in [0.717, 1.165) is 11.1 Å². The molecule has 6 heteroatoms. The highest BCUT2D eigenvalue weighted by atomic mass is 32.2. The molecule has 0 heterocycles. The van der Waals surface area contributed by atoms with Gasteiger partial charge < -0.3 is 10.5 Å². The number of methoxy groups -OCH3 is 1. The number of nitrogens with two attached hydrogens (primary N) is 1. The fourth-order valence-corrected chi connectivity index (χ4v) is 3.00. The topological polar surface area (TPSA) is 47.6 Å². The molecular weight excluding hydrogens is 318 g/mol. The Morgan fingerprint density at radius 3 is 1.96 bits per heavy atom. The second-order valence-electron chi connectivity index (χ2n) is 4.81. The van der Waals surface area contributed by atoms with Gasteiger partial charge >= 0.3 is 0 Å². The van der Waals surface area contributed by atoms with Gasteiger partial charge in [0.15, 0.2) is 5.17 Å². The molecule has 2 aromatic rings. The SMILES string of the molecule is COCCN=C(N)SC(c1ccc(F)cc1)c1ccc(F)cc1. The van der Waals surface area contributed by atoms with Gasteiger partial charge in [0.1, 0.15) is 11.6 Å². The van der Waals surface area contributed by atoms with Gasteiger partial charge in [0, 0.05) is 7.11 Å². The summed E-state index contributed by atoms with van der Waals surface area (Å²) in [4.78, 5) is 4.22. The average molecular weight is 336 g/mol. The third-order valence-corrected chi connectivity index (χ3v) is 4.30. The lowest BCUT2D eigenvalue weighted by atomic mass is 10.0. The number of benzene rings is 2. The zero-order valence-corrected chi connectivity index (χ0v) is 13.5. The molecule has 0 saturated heterocycles. The molecule has 0 atom stereocenters. The Bertz CT molecular complexity index is 599. The van der Waals surface area contributed by atoms with Crippen molar-refractivity contribution in [3.8, 4) is 0 Å². The molecule has 0 fully saturated rings. The Hall–Kier alpha value is -1.92. The summed E-state index contributed by atoms with van der Waals surface area (Å²) >= 11 is 1.34. The Kier molecular flexibility index (Phi) is 6.55. The first-order chi connectivity index (χ1) is 11.1. The first kappa shape index (κ1) is 17.4. The van der Waals surface area contributed by atoms with Crippen molar-refractivity contribution in [2.45, 2.75) is 5.25 Å². The molecule has 0 amide bonds. The fourth-order valence-electron chi connectivity index (χ4n) is 2.01. The second kappa shape index (κ2) is 8.64. The van der Waals surface area contributed by atoms with Crippen LogP contribution in [0.5, 0.6) is 0 Å². The van der Waals surface area contributed by atoms with E-state index >= 15 is 0 Å². The molecule has 0 bridgehead atoms. The van der Waals surface area contributed by atoms with Gasteiger partial charge in [0.2, 0.25) is 0 Å². The van der Waals surface area contributed by atoms with Crippen LogP contribution in [0, 0.1) is 11.6 Å². The molecule has 2 N–H and O–H groups in total. The average Bonchev–Trinajstić information content (AvgIpc) is 2.55. The first-order valence-corrected chi connectivity index (χ1v) is 7.94. The van der Waals surface area contributed by atoms with E-state index in [1.165, 1.54) is 36.0 Å². The van der Waals surface area contributed by atoms with E-state index in [9.17, 15) is 8.78 Å². The van der Waals surface area contributed by atoms with Crippen LogP contribution in [0.2, 0.25) is 0 Å². The number of rotatable bonds is 6. The summed E-state index contributed by atoms with van der Waals surface area (Å²) in [5, 5.41) is 0.211. The van der Waals surface area contributed by atoms with Gasteiger partial charge in [0.25, 0.3) is 0 Å². The van der Waals surface area contributed by atoms with E-state index in [1.54, 1.807) is 31.4 Å². The summed E-state index contributed by atoms with van der Waals surface area (Å²) in [5.74, 6) is -0.614. The van der Waals surface area contributed by atoms with E-state index in [1.807, 2.05) is 0 Å². The van der Waals surface area contributed by atoms with Gasteiger partial charge in [-0.15, -0.1) is 0 Å². The molecule has 0 aromatic heterocycles. The monoisotopic (exact) mass is 336 g/mol. The Morgan fingerprint density at radius 2 is 1.52 bits per heavy atom. The predicted octanol–water partition coefficient (Wildman–Crippen LogP) is 3.75. The molecule has 2 rings (SSSR count). The maximum atomic E-state index is 13.2. The molecule has 0 unspecified atom stereocenters. The van der Waals surface area contributed by atoms with Crippen LogP contribution in [0.25, 0.3) is 0 Å². The molecule has 0 spiro atoms. The van der Waals surface area contributed by atoms with Crippen LogP contribution in [-0.4, -0.2) is 25.4 Å². The summed E-state index contributed by atoms with van der Waals surface area (Å²) < 4.78 is 31.2. The number of aliphatic imine (C=N–C) groups is 1. The number of nitrogens with zero attached hydrogens (tertiary/aromatic N) is 1. The number of halogens is 2. The summed E-state index contributed by atoms with van der Waals surface area (Å²) in [5.41, 5.74) is 7.70. The number of amidine groups is 1. The smallest absolute Gasteiger partial charge is 0.154 e. The van der Waals surface area contributed by atoms with Crippen LogP contribution >= 0.6 is 11.8 Å². The quantitative estimate of drug-likeness (QED) is 0.496. The van der Waals surface area contributed by atoms with Crippen LogP contribution in [-0.2, 0) is 4.74 Å². The largest absolute Gasteiger partial charge is 0.383 e. The maximum Gasteiger partial charge on any atom is 0.154 e. The maximum absolute atomic E-state index is 13.2. The van der Waals surface area contributed by atoms with Gasteiger partial charge in [0.05, 0.1) is 18.4 Å². The molecule has 0 radical (unpaired) electrons. The van der Waals surface area contributed by atoms with Gasteiger partial charge in [-0.2, -0.15) is 0 Å². The Balaban J connectivity index is 2.26. The van der Waals surface area contributed by atoms with Crippen molar-refractivity contribution in [3.05, 3.63) is 71.3 Å². The number of thioether (sulfide) groups is 1. The molecule has 2 aromatic carbocycles. The number of hydrogen-bond acceptors (Lipinski definition) is 3. The highest BCUT2D eigenvalue weighted by Gasteiger charge is 2.17. The zero-order valence-electron chi connectivity index (χ0n) is 12.7. The van der Waals surface area contributed by atoms with E-state index in [4.69, 9.17) is 10.5 Å². The molecule has 23 heavy (non-hydrogen) atoms.